The van der Waals surface area contributed by atoms with Gasteiger partial charge in [0.1, 0.15) is 0 Å². The highest BCUT2D eigenvalue weighted by Crippen LogP contribution is 2.64. The van der Waals surface area contributed by atoms with Crippen molar-refractivity contribution in [3.8, 4) is 0 Å². The Kier molecular flexibility index (Phi) is 18.0. The first-order valence-corrected chi connectivity index (χ1v) is 16.1. The summed E-state index contributed by atoms with van der Waals surface area (Å²) in [6.07, 6.45) is 6.62. The Balaban J connectivity index is 4.91. The van der Waals surface area contributed by atoms with E-state index in [1.54, 1.807) is 0 Å². The minimum absolute atomic E-state index is 0.0963. The van der Waals surface area contributed by atoms with Gasteiger partial charge in [0.2, 0.25) is 5.91 Å². The maximum absolute atomic E-state index is 14.3. The Bertz CT molecular complexity index is 967. The van der Waals surface area contributed by atoms with Crippen molar-refractivity contribution < 1.29 is 79.4 Å². The topological polar surface area (TPSA) is 29.1 Å². The third-order valence-electron chi connectivity index (χ3n) is 8.21. The van der Waals surface area contributed by atoms with Crippen LogP contribution in [0.15, 0.2) is 0 Å². The van der Waals surface area contributed by atoms with Crippen LogP contribution in [0.4, 0.5) is 74.6 Å². The first-order valence-electron chi connectivity index (χ1n) is 16.1. The van der Waals surface area contributed by atoms with Gasteiger partial charge in [-0.25, -0.2) is 0 Å². The molecule has 294 valence electrons. The molecule has 1 atom stereocenters. The molecular weight excluding hydrogens is 713 g/mol. The van der Waals surface area contributed by atoms with Crippen LogP contribution < -0.4 is 5.32 Å². The third kappa shape index (κ3) is 11.1. The number of hydrogen-bond donors (Lipinski definition) is 1. The van der Waals surface area contributed by atoms with Crippen molar-refractivity contribution in [1.82, 2.24) is 5.32 Å². The standard InChI is InChI=1S/C30H44F17NO/c1-3-4-5-6-7-8-9-10-11-12-13-14-15-16-17-18-19-48-22(49)20-21(2)23(31,32)24(33,34)25(35,36)26(37,38)27(39,40)28(41,42)29(43,44)30(45,46)47/h21H,3-20H2,1-2H3,(H,48,49). The Morgan fingerprint density at radius 2 is 0.735 bits per heavy atom. The lowest BCUT2D eigenvalue weighted by Gasteiger charge is -2.43. The number of amides is 1. The molecule has 0 aliphatic carbocycles. The van der Waals surface area contributed by atoms with Gasteiger partial charge in [-0.3, -0.25) is 4.79 Å². The Morgan fingerprint density at radius 3 is 1.06 bits per heavy atom. The van der Waals surface area contributed by atoms with Gasteiger partial charge in [0.15, 0.2) is 0 Å². The van der Waals surface area contributed by atoms with Crippen LogP contribution in [0.2, 0.25) is 0 Å². The molecular formula is C30H44F17NO. The number of hydrogen-bond acceptors (Lipinski definition) is 1. The van der Waals surface area contributed by atoms with Crippen LogP contribution >= 0.6 is 0 Å². The maximum atomic E-state index is 14.3. The van der Waals surface area contributed by atoms with Crippen molar-refractivity contribution in [2.24, 2.45) is 5.92 Å². The van der Waals surface area contributed by atoms with E-state index in [4.69, 9.17) is 0 Å². The first-order chi connectivity index (χ1) is 22.1. The molecule has 0 spiro atoms. The van der Waals surface area contributed by atoms with Crippen molar-refractivity contribution in [2.45, 2.75) is 171 Å². The normalized spacial score (nSPS) is 15.1. The molecule has 1 N–H and O–H groups in total. The van der Waals surface area contributed by atoms with Crippen LogP contribution in [0.3, 0.4) is 0 Å². The van der Waals surface area contributed by atoms with Gasteiger partial charge in [-0.1, -0.05) is 110 Å². The molecule has 0 heterocycles. The lowest BCUT2D eigenvalue weighted by atomic mass is 9.84. The van der Waals surface area contributed by atoms with Crippen molar-refractivity contribution in [2.75, 3.05) is 6.54 Å². The monoisotopic (exact) mass is 757 g/mol. The molecule has 0 rings (SSSR count). The summed E-state index contributed by atoms with van der Waals surface area (Å²) >= 11 is 0. The average Bonchev–Trinajstić information content (AvgIpc) is 2.97. The fourth-order valence-corrected chi connectivity index (χ4v) is 4.86. The molecule has 1 unspecified atom stereocenters. The van der Waals surface area contributed by atoms with E-state index < -0.39 is 65.9 Å². The van der Waals surface area contributed by atoms with Crippen molar-refractivity contribution >= 4 is 5.91 Å². The Morgan fingerprint density at radius 1 is 0.449 bits per heavy atom. The summed E-state index contributed by atoms with van der Waals surface area (Å²) in [6, 6.07) is 0. The summed E-state index contributed by atoms with van der Waals surface area (Å²) in [4.78, 5) is 11.9. The van der Waals surface area contributed by atoms with Crippen LogP contribution in [0.25, 0.3) is 0 Å². The molecule has 0 aromatic rings. The summed E-state index contributed by atoms with van der Waals surface area (Å²) in [5.41, 5.74) is 0. The second kappa shape index (κ2) is 18.7. The first kappa shape index (κ1) is 47.3. The Labute approximate surface area is 274 Å². The molecule has 0 aromatic heterocycles. The largest absolute Gasteiger partial charge is 0.460 e. The van der Waals surface area contributed by atoms with Crippen LogP contribution in [0.5, 0.6) is 0 Å². The van der Waals surface area contributed by atoms with E-state index in [9.17, 15) is 79.4 Å². The van der Waals surface area contributed by atoms with Crippen LogP contribution in [0, 0.1) is 5.92 Å². The SMILES string of the molecule is CCCCCCCCCCCCCCCCCCNC(=O)CC(C)C(F)(F)C(F)(F)C(F)(F)C(F)(F)C(F)(F)C(F)(F)C(F)(F)C(F)(F)F. The third-order valence-corrected chi connectivity index (χ3v) is 8.21. The molecule has 0 aromatic carbocycles. The highest BCUT2D eigenvalue weighted by molar-refractivity contribution is 5.76. The van der Waals surface area contributed by atoms with Gasteiger partial charge < -0.3 is 5.32 Å². The van der Waals surface area contributed by atoms with Crippen molar-refractivity contribution in [3.63, 3.8) is 0 Å². The maximum Gasteiger partial charge on any atom is 0.460 e. The number of halogens is 17. The average molecular weight is 758 g/mol. The lowest BCUT2D eigenvalue weighted by molar-refractivity contribution is -0.463. The summed E-state index contributed by atoms with van der Waals surface area (Å²) in [5, 5.41) is 1.97. The molecule has 0 aliphatic heterocycles. The molecule has 0 radical (unpaired) electrons. The van der Waals surface area contributed by atoms with Gasteiger partial charge in [0, 0.05) is 18.9 Å². The molecule has 0 saturated heterocycles. The van der Waals surface area contributed by atoms with Crippen LogP contribution in [-0.4, -0.2) is 60.1 Å². The van der Waals surface area contributed by atoms with Gasteiger partial charge in [-0.15, -0.1) is 0 Å². The Hall–Kier alpha value is -1.72. The molecule has 0 aliphatic rings. The summed E-state index contributed by atoms with van der Waals surface area (Å²) in [7, 11) is 0. The molecule has 1 amide bonds. The van der Waals surface area contributed by atoms with E-state index in [0.29, 0.717) is 12.8 Å². The number of carbonyl (C=O) groups is 1. The molecule has 49 heavy (non-hydrogen) atoms. The number of nitrogens with one attached hydrogen (secondary N) is 1. The van der Waals surface area contributed by atoms with E-state index in [1.165, 1.54) is 44.9 Å². The second-order valence-electron chi connectivity index (χ2n) is 12.3. The highest BCUT2D eigenvalue weighted by atomic mass is 19.4. The van der Waals surface area contributed by atoms with E-state index in [-0.39, 0.29) is 19.9 Å². The summed E-state index contributed by atoms with van der Waals surface area (Å²) < 4.78 is 229. The molecule has 19 heteroatoms. The van der Waals surface area contributed by atoms with Gasteiger partial charge in [0.05, 0.1) is 0 Å². The summed E-state index contributed by atoms with van der Waals surface area (Å²) in [5.74, 6) is -61.7. The van der Waals surface area contributed by atoms with E-state index in [1.807, 2.05) is 5.32 Å². The second-order valence-corrected chi connectivity index (χ2v) is 12.3. The highest BCUT2D eigenvalue weighted by Gasteiger charge is 2.95. The fraction of sp³-hybridized carbons (Fsp3) is 0.967. The smallest absolute Gasteiger partial charge is 0.356 e. The van der Waals surface area contributed by atoms with E-state index >= 15 is 0 Å². The predicted octanol–water partition coefficient (Wildman–Crippen LogP) is 12.4. The zero-order chi connectivity index (χ0) is 38.6. The zero-order valence-corrected chi connectivity index (χ0v) is 27.1. The van der Waals surface area contributed by atoms with Crippen molar-refractivity contribution in [3.05, 3.63) is 0 Å². The van der Waals surface area contributed by atoms with Crippen molar-refractivity contribution in [1.29, 1.82) is 0 Å². The fourth-order valence-electron chi connectivity index (χ4n) is 4.86. The molecule has 0 saturated carbocycles. The minimum Gasteiger partial charge on any atom is -0.356 e. The lowest BCUT2D eigenvalue weighted by Crippen LogP contribution is -2.74. The number of alkyl halides is 17. The quantitative estimate of drug-likeness (QED) is 0.0691. The summed E-state index contributed by atoms with van der Waals surface area (Å²) in [6.45, 7) is 1.84. The number of rotatable bonds is 26. The van der Waals surface area contributed by atoms with E-state index in [0.717, 1.165) is 38.5 Å². The van der Waals surface area contributed by atoms with Gasteiger partial charge in [-0.05, 0) is 6.42 Å². The van der Waals surface area contributed by atoms with Gasteiger partial charge in [0.25, 0.3) is 0 Å². The van der Waals surface area contributed by atoms with Crippen LogP contribution in [0.1, 0.15) is 123 Å². The van der Waals surface area contributed by atoms with Gasteiger partial charge in [-0.2, -0.15) is 74.6 Å². The minimum atomic E-state index is -8.67. The predicted molar refractivity (Wildman–Crippen MR) is 147 cm³/mol. The number of unbranched alkanes of at least 4 members (excludes halogenated alkanes) is 15. The van der Waals surface area contributed by atoms with Gasteiger partial charge >= 0.3 is 47.6 Å². The van der Waals surface area contributed by atoms with Crippen LogP contribution in [-0.2, 0) is 4.79 Å². The molecule has 0 fully saturated rings. The van der Waals surface area contributed by atoms with E-state index in [2.05, 4.69) is 6.92 Å². The molecule has 2 nitrogen and oxygen atoms in total. The number of carbonyl (C=O) groups excluding carboxylic acids is 1. The molecule has 0 bridgehead atoms. The zero-order valence-electron chi connectivity index (χ0n) is 27.1.